The molecule has 0 bridgehead atoms. The highest BCUT2D eigenvalue weighted by atomic mass is 35.5. The van der Waals surface area contributed by atoms with Crippen LogP contribution < -0.4 is 15.1 Å². The zero-order chi connectivity index (χ0) is 21.2. The zero-order valence-electron chi connectivity index (χ0n) is 14.3. The number of hydrogen-bond donors (Lipinski definition) is 2. The lowest BCUT2D eigenvalue weighted by molar-refractivity contribution is -0.199. The van der Waals surface area contributed by atoms with E-state index in [9.17, 15) is 26.4 Å². The average Bonchev–Trinajstić information content (AvgIpc) is 3.33. The van der Waals surface area contributed by atoms with Crippen molar-refractivity contribution in [1.29, 1.82) is 0 Å². The molecule has 29 heavy (non-hydrogen) atoms. The van der Waals surface area contributed by atoms with Gasteiger partial charge in [0.25, 0.3) is 10.0 Å². The number of carbonyl (C=O) groups excluding carboxylic acids is 1. The number of nitrogens with one attached hydrogen (secondary N) is 2. The number of alkyl halides is 3. The molecule has 158 valence electrons. The van der Waals surface area contributed by atoms with Crippen LogP contribution in [-0.4, -0.2) is 49.7 Å². The van der Waals surface area contributed by atoms with Gasteiger partial charge in [0.15, 0.2) is 5.82 Å². The highest BCUT2D eigenvalue weighted by molar-refractivity contribution is 7.92. The Kier molecular flexibility index (Phi) is 6.16. The van der Waals surface area contributed by atoms with Crippen molar-refractivity contribution in [2.45, 2.75) is 23.5 Å². The molecule has 2 aromatic rings. The van der Waals surface area contributed by atoms with E-state index in [2.05, 4.69) is 25.4 Å². The Bertz CT molecular complexity index is 982. The normalized spacial score (nSPS) is 17.2. The highest BCUT2D eigenvalue weighted by Gasteiger charge is 2.45. The second kappa shape index (κ2) is 8.30. The molecule has 1 aliphatic rings. The first-order valence-electron chi connectivity index (χ1n) is 7.94. The van der Waals surface area contributed by atoms with Gasteiger partial charge in [0.1, 0.15) is 10.7 Å². The fraction of sp³-hybridized carbons (Fsp3) is 0.357. The van der Waals surface area contributed by atoms with E-state index in [1.807, 2.05) is 0 Å². The molecular formula is C14H13ClF3N5O4S2. The van der Waals surface area contributed by atoms with Crippen molar-refractivity contribution in [2.75, 3.05) is 22.9 Å². The standard InChI is InChI=1S/C14H13ClF3N5O4S2/c15-10-3-9(5-20-12(10)22-8-1-2-19-4-8)29(25,26)23(11-6-28-7-21-11)27-13(24)14(16,17)18/h3,5-8,19H,1-2,4H2,(H,20,22)/t8-/m1/s1. The van der Waals surface area contributed by atoms with Crippen molar-refractivity contribution in [3.63, 3.8) is 0 Å². The van der Waals surface area contributed by atoms with Gasteiger partial charge in [0.2, 0.25) is 0 Å². The van der Waals surface area contributed by atoms with Gasteiger partial charge in [-0.15, -0.1) is 11.3 Å². The number of carbonyl (C=O) groups is 1. The third-order valence-corrected chi connectivity index (χ3v) is 6.12. The van der Waals surface area contributed by atoms with Crippen molar-refractivity contribution in [1.82, 2.24) is 15.3 Å². The molecule has 3 heterocycles. The van der Waals surface area contributed by atoms with Gasteiger partial charge >= 0.3 is 12.1 Å². The van der Waals surface area contributed by atoms with Crippen LogP contribution in [0.3, 0.4) is 0 Å². The second-order valence-electron chi connectivity index (χ2n) is 5.79. The predicted octanol–water partition coefficient (Wildman–Crippen LogP) is 2.18. The van der Waals surface area contributed by atoms with E-state index in [1.165, 1.54) is 0 Å². The summed E-state index contributed by atoms with van der Waals surface area (Å²) in [4.78, 5) is 22.3. The van der Waals surface area contributed by atoms with Gasteiger partial charge in [-0.2, -0.15) is 21.6 Å². The molecular weight excluding hydrogens is 459 g/mol. The van der Waals surface area contributed by atoms with Crippen LogP contribution in [0.5, 0.6) is 0 Å². The van der Waals surface area contributed by atoms with Gasteiger partial charge < -0.3 is 15.5 Å². The van der Waals surface area contributed by atoms with E-state index in [0.29, 0.717) is 6.54 Å². The van der Waals surface area contributed by atoms with Crippen molar-refractivity contribution in [2.24, 2.45) is 0 Å². The minimum Gasteiger partial charge on any atom is -0.365 e. The Balaban J connectivity index is 1.91. The summed E-state index contributed by atoms with van der Waals surface area (Å²) in [5, 5.41) is 7.19. The van der Waals surface area contributed by atoms with E-state index in [0.717, 1.165) is 47.5 Å². The van der Waals surface area contributed by atoms with E-state index >= 15 is 0 Å². The molecule has 9 nitrogen and oxygen atoms in total. The Morgan fingerprint density at radius 2 is 2.17 bits per heavy atom. The number of pyridine rings is 1. The lowest BCUT2D eigenvalue weighted by Gasteiger charge is -2.21. The molecule has 0 aliphatic carbocycles. The molecule has 15 heteroatoms. The summed E-state index contributed by atoms with van der Waals surface area (Å²) in [6, 6.07) is 1.04. The smallest absolute Gasteiger partial charge is 0.365 e. The molecule has 0 aromatic carbocycles. The first-order valence-corrected chi connectivity index (χ1v) is 10.7. The number of halogens is 4. The summed E-state index contributed by atoms with van der Waals surface area (Å²) in [5.74, 6) is -3.03. The van der Waals surface area contributed by atoms with Crippen molar-refractivity contribution in [3.05, 3.63) is 28.2 Å². The van der Waals surface area contributed by atoms with Crippen LogP contribution in [-0.2, 0) is 19.7 Å². The molecule has 2 N–H and O–H groups in total. The minimum atomic E-state index is -5.41. The van der Waals surface area contributed by atoms with Gasteiger partial charge in [-0.05, 0) is 19.0 Å². The molecule has 0 unspecified atom stereocenters. The minimum absolute atomic E-state index is 0.0432. The lowest BCUT2D eigenvalue weighted by Crippen LogP contribution is -2.39. The van der Waals surface area contributed by atoms with Crippen LogP contribution in [0.1, 0.15) is 6.42 Å². The summed E-state index contributed by atoms with van der Waals surface area (Å²) in [7, 11) is -4.80. The van der Waals surface area contributed by atoms with Crippen molar-refractivity contribution in [3.8, 4) is 0 Å². The third-order valence-electron chi connectivity index (χ3n) is 3.74. The molecule has 1 aliphatic heterocycles. The van der Waals surface area contributed by atoms with E-state index < -0.39 is 32.9 Å². The number of rotatable bonds is 6. The Morgan fingerprint density at radius 3 is 2.72 bits per heavy atom. The van der Waals surface area contributed by atoms with E-state index in [4.69, 9.17) is 11.6 Å². The van der Waals surface area contributed by atoms with Crippen LogP contribution in [0.15, 0.2) is 28.0 Å². The first-order chi connectivity index (χ1) is 13.6. The van der Waals surface area contributed by atoms with Gasteiger partial charge in [-0.25, -0.2) is 14.8 Å². The monoisotopic (exact) mass is 471 g/mol. The summed E-state index contributed by atoms with van der Waals surface area (Å²) in [6.45, 7) is 1.47. The highest BCUT2D eigenvalue weighted by Crippen LogP contribution is 2.30. The molecule has 1 saturated heterocycles. The fourth-order valence-electron chi connectivity index (χ4n) is 2.38. The number of aromatic nitrogens is 2. The number of nitrogens with zero attached hydrogens (tertiary/aromatic N) is 3. The van der Waals surface area contributed by atoms with Gasteiger partial charge in [0, 0.05) is 18.0 Å². The Morgan fingerprint density at radius 1 is 1.41 bits per heavy atom. The molecule has 1 atom stereocenters. The quantitative estimate of drug-likeness (QED) is 0.616. The van der Waals surface area contributed by atoms with Gasteiger partial charge in [-0.3, -0.25) is 0 Å². The largest absolute Gasteiger partial charge is 0.493 e. The van der Waals surface area contributed by atoms with E-state index in [1.54, 1.807) is 0 Å². The molecule has 0 radical (unpaired) electrons. The predicted molar refractivity (Wildman–Crippen MR) is 98.1 cm³/mol. The summed E-state index contributed by atoms with van der Waals surface area (Å²) < 4.78 is 63.2. The fourth-order valence-corrected chi connectivity index (χ4v) is 4.39. The molecule has 0 amide bonds. The first kappa shape index (κ1) is 21.5. The maximum atomic E-state index is 12.8. The molecule has 1 fully saturated rings. The average molecular weight is 472 g/mol. The molecule has 0 saturated carbocycles. The second-order valence-corrected chi connectivity index (χ2v) is 8.67. The summed E-state index contributed by atoms with van der Waals surface area (Å²) >= 11 is 6.98. The van der Waals surface area contributed by atoms with Crippen LogP contribution in [0.2, 0.25) is 5.02 Å². The number of anilines is 2. The maximum Gasteiger partial charge on any atom is 0.493 e. The third kappa shape index (κ3) is 4.88. The summed E-state index contributed by atoms with van der Waals surface area (Å²) in [5.41, 5.74) is 1.16. The van der Waals surface area contributed by atoms with Crippen LogP contribution in [0.4, 0.5) is 24.8 Å². The number of hydrogen-bond acceptors (Lipinski definition) is 9. The van der Waals surface area contributed by atoms with E-state index in [-0.39, 0.29) is 21.4 Å². The van der Waals surface area contributed by atoms with Crippen LogP contribution in [0, 0.1) is 0 Å². The van der Waals surface area contributed by atoms with Crippen LogP contribution >= 0.6 is 22.9 Å². The number of sulfonamides is 1. The molecule has 2 aromatic heterocycles. The van der Waals surface area contributed by atoms with Crippen molar-refractivity contribution >= 4 is 50.6 Å². The zero-order valence-corrected chi connectivity index (χ0v) is 16.7. The van der Waals surface area contributed by atoms with Crippen molar-refractivity contribution < 1.29 is 31.2 Å². The SMILES string of the molecule is O=C(ON(c1cscn1)S(=O)(=O)c1cnc(N[C@@H]2CCNC2)c(Cl)c1)C(F)(F)F. The van der Waals surface area contributed by atoms with Crippen LogP contribution in [0.25, 0.3) is 0 Å². The van der Waals surface area contributed by atoms with Gasteiger partial charge in [0.05, 0.1) is 16.7 Å². The number of thiazole rings is 1. The summed E-state index contributed by atoms with van der Waals surface area (Å²) in [6.07, 6.45) is -3.71. The lowest BCUT2D eigenvalue weighted by atomic mass is 10.2. The molecule has 0 spiro atoms. The maximum absolute atomic E-state index is 12.8. The Labute approximate surface area is 171 Å². The van der Waals surface area contributed by atoms with Gasteiger partial charge in [-0.1, -0.05) is 16.1 Å². The topological polar surface area (TPSA) is 114 Å². The molecule has 3 rings (SSSR count). The Hall–Kier alpha value is -2.16.